The largest absolute Gasteiger partial charge is 0.312 e. The normalized spacial score (nSPS) is 17.9. The Morgan fingerprint density at radius 1 is 1.00 bits per heavy atom. The Morgan fingerprint density at radius 2 is 1.63 bits per heavy atom. The van der Waals surface area contributed by atoms with Crippen molar-refractivity contribution < 1.29 is 0 Å². The van der Waals surface area contributed by atoms with Gasteiger partial charge in [0, 0.05) is 13.1 Å². The minimum absolute atomic E-state index is 0.591. The zero-order valence-electron chi connectivity index (χ0n) is 13.1. The maximum absolute atomic E-state index is 3.72. The van der Waals surface area contributed by atoms with Crippen molar-refractivity contribution in [1.82, 2.24) is 5.32 Å². The van der Waals surface area contributed by atoms with E-state index in [0.717, 1.165) is 6.54 Å². The molecule has 0 saturated heterocycles. The molecule has 1 heteroatoms. The van der Waals surface area contributed by atoms with Crippen LogP contribution in [0, 0.1) is 26.2 Å². The molecule has 1 aromatic carbocycles. The van der Waals surface area contributed by atoms with Crippen molar-refractivity contribution in [3.63, 3.8) is 0 Å². The maximum Gasteiger partial charge on any atom is 0.0208 e. The van der Waals surface area contributed by atoms with Crippen LogP contribution in [0.25, 0.3) is 0 Å². The Kier molecular flexibility index (Phi) is 4.67. The van der Waals surface area contributed by atoms with E-state index in [2.05, 4.69) is 45.1 Å². The highest BCUT2D eigenvalue weighted by Gasteiger charge is 2.31. The van der Waals surface area contributed by atoms with Gasteiger partial charge in [0.1, 0.15) is 0 Å². The second-order valence-electron chi connectivity index (χ2n) is 6.53. The Labute approximate surface area is 118 Å². The SMILES string of the molecule is CCC1(CNCc2cc(C)c(C)cc2C)CCCC1. The Morgan fingerprint density at radius 3 is 2.26 bits per heavy atom. The van der Waals surface area contributed by atoms with Gasteiger partial charge in [0.2, 0.25) is 0 Å². The van der Waals surface area contributed by atoms with Crippen LogP contribution in [0.2, 0.25) is 0 Å². The molecule has 19 heavy (non-hydrogen) atoms. The van der Waals surface area contributed by atoms with E-state index in [9.17, 15) is 0 Å². The van der Waals surface area contributed by atoms with Crippen molar-refractivity contribution in [2.45, 2.75) is 66.3 Å². The smallest absolute Gasteiger partial charge is 0.0208 e. The number of rotatable bonds is 5. The highest BCUT2D eigenvalue weighted by molar-refractivity contribution is 5.36. The van der Waals surface area contributed by atoms with Gasteiger partial charge in [-0.15, -0.1) is 0 Å². The highest BCUT2D eigenvalue weighted by atomic mass is 14.9. The molecule has 106 valence electrons. The van der Waals surface area contributed by atoms with Crippen LogP contribution >= 0.6 is 0 Å². The molecule has 0 amide bonds. The summed E-state index contributed by atoms with van der Waals surface area (Å²) in [6.45, 7) is 11.2. The summed E-state index contributed by atoms with van der Waals surface area (Å²) in [7, 11) is 0. The first-order valence-electron chi connectivity index (χ1n) is 7.84. The van der Waals surface area contributed by atoms with Gasteiger partial charge in [0.05, 0.1) is 0 Å². The standard InChI is InChI=1S/C18H29N/c1-5-18(8-6-7-9-18)13-19-12-17-11-15(3)14(2)10-16(17)4/h10-11,19H,5-9,12-13H2,1-4H3. The summed E-state index contributed by atoms with van der Waals surface area (Å²) in [6.07, 6.45) is 7.02. The molecule has 1 aromatic rings. The molecule has 0 aromatic heterocycles. The summed E-state index contributed by atoms with van der Waals surface area (Å²) in [4.78, 5) is 0. The molecule has 0 radical (unpaired) electrons. The van der Waals surface area contributed by atoms with E-state index in [4.69, 9.17) is 0 Å². The third kappa shape index (κ3) is 3.39. The summed E-state index contributed by atoms with van der Waals surface area (Å²) in [5.41, 5.74) is 6.30. The fourth-order valence-corrected chi connectivity index (χ4v) is 3.45. The third-order valence-corrected chi connectivity index (χ3v) is 5.18. The summed E-state index contributed by atoms with van der Waals surface area (Å²) in [5, 5.41) is 3.72. The Balaban J connectivity index is 1.94. The number of hydrogen-bond donors (Lipinski definition) is 1. The molecule has 1 N–H and O–H groups in total. The van der Waals surface area contributed by atoms with Gasteiger partial charge in [-0.05, 0) is 67.7 Å². The molecule has 0 unspecified atom stereocenters. The van der Waals surface area contributed by atoms with Crippen LogP contribution in [0.3, 0.4) is 0 Å². The van der Waals surface area contributed by atoms with Crippen LogP contribution in [-0.4, -0.2) is 6.54 Å². The lowest BCUT2D eigenvalue weighted by Gasteiger charge is -2.28. The number of nitrogens with one attached hydrogen (secondary N) is 1. The minimum Gasteiger partial charge on any atom is -0.312 e. The molecule has 1 aliphatic carbocycles. The molecule has 0 atom stereocenters. The van der Waals surface area contributed by atoms with Gasteiger partial charge >= 0.3 is 0 Å². The molecule has 2 rings (SSSR count). The average molecular weight is 259 g/mol. The van der Waals surface area contributed by atoms with E-state index in [1.165, 1.54) is 60.9 Å². The summed E-state index contributed by atoms with van der Waals surface area (Å²) < 4.78 is 0. The number of aryl methyl sites for hydroxylation is 3. The molecule has 1 nitrogen and oxygen atoms in total. The maximum atomic E-state index is 3.72. The molecule has 0 spiro atoms. The summed E-state index contributed by atoms with van der Waals surface area (Å²) in [5.74, 6) is 0. The fraction of sp³-hybridized carbons (Fsp3) is 0.667. The van der Waals surface area contributed by atoms with Crippen molar-refractivity contribution in [2.24, 2.45) is 5.41 Å². The number of hydrogen-bond acceptors (Lipinski definition) is 1. The van der Waals surface area contributed by atoms with E-state index in [-0.39, 0.29) is 0 Å². The van der Waals surface area contributed by atoms with E-state index in [1.54, 1.807) is 0 Å². The summed E-state index contributed by atoms with van der Waals surface area (Å²) >= 11 is 0. The van der Waals surface area contributed by atoms with Gasteiger partial charge in [-0.1, -0.05) is 31.9 Å². The number of benzene rings is 1. The van der Waals surface area contributed by atoms with Gasteiger partial charge < -0.3 is 5.32 Å². The predicted molar refractivity (Wildman–Crippen MR) is 83.6 cm³/mol. The molecular formula is C18H29N. The Bertz CT molecular complexity index is 428. The van der Waals surface area contributed by atoms with Crippen LogP contribution in [0.15, 0.2) is 12.1 Å². The topological polar surface area (TPSA) is 12.0 Å². The molecular weight excluding hydrogens is 230 g/mol. The van der Waals surface area contributed by atoms with Crippen LogP contribution in [0.5, 0.6) is 0 Å². The van der Waals surface area contributed by atoms with Crippen LogP contribution in [-0.2, 0) is 6.54 Å². The van der Waals surface area contributed by atoms with E-state index in [1.807, 2.05) is 0 Å². The zero-order valence-corrected chi connectivity index (χ0v) is 13.1. The van der Waals surface area contributed by atoms with Crippen molar-refractivity contribution in [2.75, 3.05) is 6.54 Å². The van der Waals surface area contributed by atoms with Crippen LogP contribution < -0.4 is 5.32 Å². The third-order valence-electron chi connectivity index (χ3n) is 5.18. The highest BCUT2D eigenvalue weighted by Crippen LogP contribution is 2.40. The van der Waals surface area contributed by atoms with Crippen molar-refractivity contribution in [1.29, 1.82) is 0 Å². The van der Waals surface area contributed by atoms with Gasteiger partial charge in [0.15, 0.2) is 0 Å². The van der Waals surface area contributed by atoms with Crippen molar-refractivity contribution >= 4 is 0 Å². The quantitative estimate of drug-likeness (QED) is 0.810. The van der Waals surface area contributed by atoms with Crippen molar-refractivity contribution in [3.05, 3.63) is 34.4 Å². The monoisotopic (exact) mass is 259 g/mol. The molecule has 0 aliphatic heterocycles. The van der Waals surface area contributed by atoms with Crippen LogP contribution in [0.4, 0.5) is 0 Å². The predicted octanol–water partition coefficient (Wildman–Crippen LogP) is 4.67. The van der Waals surface area contributed by atoms with Crippen LogP contribution in [0.1, 0.15) is 61.3 Å². The molecule has 1 aliphatic rings. The summed E-state index contributed by atoms with van der Waals surface area (Å²) in [6, 6.07) is 4.67. The lowest BCUT2D eigenvalue weighted by Crippen LogP contribution is -2.31. The van der Waals surface area contributed by atoms with Crippen molar-refractivity contribution in [3.8, 4) is 0 Å². The fourth-order valence-electron chi connectivity index (χ4n) is 3.45. The lowest BCUT2D eigenvalue weighted by atomic mass is 9.83. The van der Waals surface area contributed by atoms with E-state index < -0.39 is 0 Å². The first-order chi connectivity index (χ1) is 9.06. The first kappa shape index (κ1) is 14.6. The lowest BCUT2D eigenvalue weighted by molar-refractivity contribution is 0.268. The molecule has 0 heterocycles. The molecule has 0 bridgehead atoms. The second-order valence-corrected chi connectivity index (χ2v) is 6.53. The molecule has 1 saturated carbocycles. The minimum atomic E-state index is 0.591. The first-order valence-corrected chi connectivity index (χ1v) is 7.84. The van der Waals surface area contributed by atoms with Gasteiger partial charge in [-0.3, -0.25) is 0 Å². The Hall–Kier alpha value is -0.820. The van der Waals surface area contributed by atoms with E-state index >= 15 is 0 Å². The average Bonchev–Trinajstić information content (AvgIpc) is 2.85. The van der Waals surface area contributed by atoms with E-state index in [0.29, 0.717) is 5.41 Å². The van der Waals surface area contributed by atoms with Gasteiger partial charge in [-0.25, -0.2) is 0 Å². The zero-order chi connectivity index (χ0) is 13.9. The van der Waals surface area contributed by atoms with Gasteiger partial charge in [-0.2, -0.15) is 0 Å². The second kappa shape index (κ2) is 6.09. The van der Waals surface area contributed by atoms with Gasteiger partial charge in [0.25, 0.3) is 0 Å². The molecule has 1 fully saturated rings.